The van der Waals surface area contributed by atoms with E-state index in [1.54, 1.807) is 0 Å². The molecule has 0 saturated carbocycles. The van der Waals surface area contributed by atoms with Gasteiger partial charge in [-0.1, -0.05) is 35.9 Å². The number of hydrogen-bond acceptors (Lipinski definition) is 3. The lowest BCUT2D eigenvalue weighted by molar-refractivity contribution is 0.265. The lowest BCUT2D eigenvalue weighted by Gasteiger charge is -2.15. The number of aryl methyl sites for hydroxylation is 1. The van der Waals surface area contributed by atoms with Gasteiger partial charge in [0.05, 0.1) is 12.6 Å². The Hall–Kier alpha value is -1.84. The summed E-state index contributed by atoms with van der Waals surface area (Å²) in [5.41, 5.74) is 7.83. The normalized spacial score (nSPS) is 12.2. The minimum absolute atomic E-state index is 0.103. The maximum absolute atomic E-state index is 9.13. The summed E-state index contributed by atoms with van der Waals surface area (Å²) in [6.07, 6.45) is 0. The van der Waals surface area contributed by atoms with Crippen LogP contribution in [0.25, 0.3) is 0 Å². The van der Waals surface area contributed by atoms with Gasteiger partial charge in [-0.25, -0.2) is 0 Å². The van der Waals surface area contributed by atoms with Crippen LogP contribution in [0, 0.1) is 6.92 Å². The summed E-state index contributed by atoms with van der Waals surface area (Å²) in [4.78, 5) is 0. The molecule has 0 spiro atoms. The fourth-order valence-corrected chi connectivity index (χ4v) is 1.71. The largest absolute Gasteiger partial charge is 0.457 e. The molecule has 0 fully saturated rings. The zero-order valence-electron chi connectivity index (χ0n) is 10.3. The minimum atomic E-state index is -0.424. The van der Waals surface area contributed by atoms with Crippen molar-refractivity contribution < 1.29 is 9.84 Å². The van der Waals surface area contributed by atoms with E-state index in [0.29, 0.717) is 5.75 Å². The molecule has 0 aromatic heterocycles. The van der Waals surface area contributed by atoms with Gasteiger partial charge in [-0.15, -0.1) is 0 Å². The van der Waals surface area contributed by atoms with E-state index < -0.39 is 6.04 Å². The lowest BCUT2D eigenvalue weighted by atomic mass is 10.1. The highest BCUT2D eigenvalue weighted by molar-refractivity contribution is 5.40. The van der Waals surface area contributed by atoms with Crippen molar-refractivity contribution in [3.8, 4) is 11.5 Å². The maximum Gasteiger partial charge on any atom is 0.132 e. The molecule has 0 amide bonds. The van der Waals surface area contributed by atoms with Gasteiger partial charge >= 0.3 is 0 Å². The Balaban J connectivity index is 2.26. The molecular formula is C15H17NO2. The molecule has 0 bridgehead atoms. The highest BCUT2D eigenvalue weighted by Crippen LogP contribution is 2.28. The molecule has 18 heavy (non-hydrogen) atoms. The van der Waals surface area contributed by atoms with E-state index in [1.165, 1.54) is 5.56 Å². The zero-order valence-corrected chi connectivity index (χ0v) is 10.3. The predicted molar refractivity (Wildman–Crippen MR) is 71.7 cm³/mol. The molecule has 0 saturated heterocycles. The number of benzene rings is 2. The van der Waals surface area contributed by atoms with E-state index in [1.807, 2.05) is 55.5 Å². The van der Waals surface area contributed by atoms with Crippen LogP contribution in [0.2, 0.25) is 0 Å². The number of ether oxygens (including phenoxy) is 1. The number of rotatable bonds is 4. The molecule has 0 unspecified atom stereocenters. The van der Waals surface area contributed by atoms with Gasteiger partial charge in [-0.05, 0) is 25.1 Å². The molecule has 3 heteroatoms. The molecule has 0 aliphatic heterocycles. The summed E-state index contributed by atoms with van der Waals surface area (Å²) in [6, 6.07) is 14.9. The van der Waals surface area contributed by atoms with Crippen LogP contribution in [0.5, 0.6) is 11.5 Å². The maximum atomic E-state index is 9.13. The van der Waals surface area contributed by atoms with Crippen molar-refractivity contribution in [2.45, 2.75) is 13.0 Å². The van der Waals surface area contributed by atoms with E-state index in [2.05, 4.69) is 0 Å². The molecule has 0 aliphatic carbocycles. The topological polar surface area (TPSA) is 55.5 Å². The highest BCUT2D eigenvalue weighted by Gasteiger charge is 2.11. The molecule has 0 radical (unpaired) electrons. The van der Waals surface area contributed by atoms with Crippen LogP contribution in [0.4, 0.5) is 0 Å². The molecule has 94 valence electrons. The summed E-state index contributed by atoms with van der Waals surface area (Å²) in [7, 11) is 0. The smallest absolute Gasteiger partial charge is 0.132 e. The average molecular weight is 243 g/mol. The van der Waals surface area contributed by atoms with Gasteiger partial charge in [0.1, 0.15) is 11.5 Å². The first-order valence-electron chi connectivity index (χ1n) is 5.90. The van der Waals surface area contributed by atoms with E-state index in [-0.39, 0.29) is 6.61 Å². The van der Waals surface area contributed by atoms with Crippen LogP contribution in [0.1, 0.15) is 17.2 Å². The summed E-state index contributed by atoms with van der Waals surface area (Å²) < 4.78 is 5.80. The molecule has 2 aromatic rings. The zero-order chi connectivity index (χ0) is 13.0. The predicted octanol–water partition coefficient (Wildman–Crippen LogP) is 2.78. The van der Waals surface area contributed by atoms with Crippen LogP contribution in [-0.4, -0.2) is 11.7 Å². The number of para-hydroxylation sites is 1. The Morgan fingerprint density at radius 2 is 1.78 bits per heavy atom. The van der Waals surface area contributed by atoms with Crippen LogP contribution in [0.15, 0.2) is 48.5 Å². The Morgan fingerprint density at radius 1 is 1.11 bits per heavy atom. The SMILES string of the molecule is Cc1ccc(Oc2ccccc2[C@H](N)CO)cc1. The van der Waals surface area contributed by atoms with E-state index in [9.17, 15) is 0 Å². The third kappa shape index (κ3) is 2.88. The molecule has 2 aromatic carbocycles. The molecule has 0 heterocycles. The Kier molecular flexibility index (Phi) is 3.97. The van der Waals surface area contributed by atoms with Gasteiger partial charge in [-0.2, -0.15) is 0 Å². The first kappa shape index (κ1) is 12.6. The highest BCUT2D eigenvalue weighted by atomic mass is 16.5. The van der Waals surface area contributed by atoms with E-state index in [4.69, 9.17) is 15.6 Å². The monoisotopic (exact) mass is 243 g/mol. The molecule has 1 atom stereocenters. The van der Waals surface area contributed by atoms with Crippen molar-refractivity contribution in [2.75, 3.05) is 6.61 Å². The summed E-state index contributed by atoms with van der Waals surface area (Å²) in [5, 5.41) is 9.13. The van der Waals surface area contributed by atoms with Gasteiger partial charge in [0, 0.05) is 5.56 Å². The van der Waals surface area contributed by atoms with Crippen molar-refractivity contribution in [3.63, 3.8) is 0 Å². The second-order valence-corrected chi connectivity index (χ2v) is 4.24. The van der Waals surface area contributed by atoms with Gasteiger partial charge in [0.2, 0.25) is 0 Å². The first-order valence-corrected chi connectivity index (χ1v) is 5.90. The van der Waals surface area contributed by atoms with Crippen LogP contribution in [-0.2, 0) is 0 Å². The fourth-order valence-electron chi connectivity index (χ4n) is 1.71. The Bertz CT molecular complexity index is 508. The van der Waals surface area contributed by atoms with E-state index >= 15 is 0 Å². The summed E-state index contributed by atoms with van der Waals surface area (Å²) in [5.74, 6) is 1.45. The number of aliphatic hydroxyl groups excluding tert-OH is 1. The van der Waals surface area contributed by atoms with Gasteiger partial charge in [0.25, 0.3) is 0 Å². The number of nitrogens with two attached hydrogens (primary N) is 1. The Morgan fingerprint density at radius 3 is 2.44 bits per heavy atom. The molecule has 3 nitrogen and oxygen atoms in total. The third-order valence-electron chi connectivity index (χ3n) is 2.76. The van der Waals surface area contributed by atoms with Crippen LogP contribution in [0.3, 0.4) is 0 Å². The quantitative estimate of drug-likeness (QED) is 0.868. The van der Waals surface area contributed by atoms with E-state index in [0.717, 1.165) is 11.3 Å². The van der Waals surface area contributed by atoms with Crippen molar-refractivity contribution in [1.82, 2.24) is 0 Å². The molecule has 2 rings (SSSR count). The average Bonchev–Trinajstić information content (AvgIpc) is 2.41. The van der Waals surface area contributed by atoms with Crippen LogP contribution < -0.4 is 10.5 Å². The lowest BCUT2D eigenvalue weighted by Crippen LogP contribution is -2.15. The standard InChI is InChI=1S/C15H17NO2/c1-11-6-8-12(9-7-11)18-15-5-3-2-4-13(15)14(16)10-17/h2-9,14,17H,10,16H2,1H3/t14-/m1/s1. The first-order chi connectivity index (χ1) is 8.70. The number of hydrogen-bond donors (Lipinski definition) is 2. The molecule has 3 N–H and O–H groups in total. The fraction of sp³-hybridized carbons (Fsp3) is 0.200. The van der Waals surface area contributed by atoms with Crippen LogP contribution >= 0.6 is 0 Å². The van der Waals surface area contributed by atoms with Crippen molar-refractivity contribution in [1.29, 1.82) is 0 Å². The van der Waals surface area contributed by atoms with Gasteiger partial charge in [0.15, 0.2) is 0 Å². The molecule has 0 aliphatic rings. The minimum Gasteiger partial charge on any atom is -0.457 e. The summed E-state index contributed by atoms with van der Waals surface area (Å²) >= 11 is 0. The number of aliphatic hydroxyl groups is 1. The summed E-state index contributed by atoms with van der Waals surface area (Å²) in [6.45, 7) is 1.92. The third-order valence-corrected chi connectivity index (χ3v) is 2.76. The second kappa shape index (κ2) is 5.67. The molecular weight excluding hydrogens is 226 g/mol. The second-order valence-electron chi connectivity index (χ2n) is 4.24. The van der Waals surface area contributed by atoms with Gasteiger partial charge < -0.3 is 15.6 Å². The van der Waals surface area contributed by atoms with Crippen molar-refractivity contribution in [3.05, 3.63) is 59.7 Å². The Labute approximate surface area is 107 Å². The van der Waals surface area contributed by atoms with Crippen molar-refractivity contribution >= 4 is 0 Å². The van der Waals surface area contributed by atoms with Gasteiger partial charge in [-0.3, -0.25) is 0 Å². The van der Waals surface area contributed by atoms with Crippen molar-refractivity contribution in [2.24, 2.45) is 5.73 Å².